The summed E-state index contributed by atoms with van der Waals surface area (Å²) in [4.78, 5) is 25.2. The summed E-state index contributed by atoms with van der Waals surface area (Å²) in [6, 6.07) is -0.347. The number of rotatable bonds is 4. The van der Waals surface area contributed by atoms with Gasteiger partial charge >= 0.3 is 5.69 Å². The van der Waals surface area contributed by atoms with Crippen LogP contribution in [0.5, 0.6) is 0 Å². The molecule has 1 N–H and O–H groups in total. The maximum Gasteiger partial charge on any atom is 0.329 e. The molecule has 0 radical (unpaired) electrons. The van der Waals surface area contributed by atoms with Crippen LogP contribution in [0.25, 0.3) is 0 Å². The minimum Gasteiger partial charge on any atom is -0.295 e. The van der Waals surface area contributed by atoms with Crippen molar-refractivity contribution in [3.05, 3.63) is 31.8 Å². The molecule has 0 aliphatic carbocycles. The fourth-order valence-electron chi connectivity index (χ4n) is 1.60. The highest BCUT2D eigenvalue weighted by Gasteiger charge is 2.16. The maximum atomic E-state index is 13.3. The lowest BCUT2D eigenvalue weighted by atomic mass is 10.0. The molecule has 0 amide bonds. The summed E-state index contributed by atoms with van der Waals surface area (Å²) in [6.07, 6.45) is 1.50. The molecular formula is C11H16ClFN2O2. The van der Waals surface area contributed by atoms with Crippen molar-refractivity contribution in [1.82, 2.24) is 9.55 Å². The van der Waals surface area contributed by atoms with Crippen LogP contribution < -0.4 is 11.2 Å². The number of H-pyrrole nitrogens is 1. The van der Waals surface area contributed by atoms with Crippen molar-refractivity contribution in [2.45, 2.75) is 39.7 Å². The summed E-state index contributed by atoms with van der Waals surface area (Å²) >= 11 is 5.38. The van der Waals surface area contributed by atoms with E-state index in [-0.39, 0.29) is 6.04 Å². The van der Waals surface area contributed by atoms with Crippen LogP contribution >= 0.6 is 11.6 Å². The van der Waals surface area contributed by atoms with Gasteiger partial charge in [-0.05, 0) is 25.7 Å². The molecule has 0 saturated carbocycles. The molecule has 6 heteroatoms. The Morgan fingerprint density at radius 1 is 1.29 bits per heavy atom. The summed E-state index contributed by atoms with van der Waals surface area (Å²) < 4.78 is 14.2. The zero-order valence-corrected chi connectivity index (χ0v) is 10.8. The number of hydrogen-bond acceptors (Lipinski definition) is 2. The average Bonchev–Trinajstić information content (AvgIpc) is 2.23. The maximum absolute atomic E-state index is 13.3. The van der Waals surface area contributed by atoms with Crippen molar-refractivity contribution in [1.29, 1.82) is 0 Å². The molecule has 1 heterocycles. The molecule has 0 bridgehead atoms. The molecule has 0 fully saturated rings. The summed E-state index contributed by atoms with van der Waals surface area (Å²) in [6.45, 7) is 5.80. The Morgan fingerprint density at radius 3 is 2.41 bits per heavy atom. The van der Waals surface area contributed by atoms with Gasteiger partial charge in [0.1, 0.15) is 0 Å². The average molecular weight is 263 g/mol. The van der Waals surface area contributed by atoms with Gasteiger partial charge in [0.15, 0.2) is 5.15 Å². The molecule has 1 atom stereocenters. The largest absolute Gasteiger partial charge is 0.329 e. The third-order valence-corrected chi connectivity index (χ3v) is 2.90. The third kappa shape index (κ3) is 3.19. The quantitative estimate of drug-likeness (QED) is 0.847. The summed E-state index contributed by atoms with van der Waals surface area (Å²) in [5, 5.41) is -0.535. The van der Waals surface area contributed by atoms with Crippen LogP contribution in [0.2, 0.25) is 5.15 Å². The molecule has 0 aromatic carbocycles. The van der Waals surface area contributed by atoms with Gasteiger partial charge in [0, 0.05) is 6.04 Å². The lowest BCUT2D eigenvalue weighted by Crippen LogP contribution is -2.39. The summed E-state index contributed by atoms with van der Waals surface area (Å²) in [5.41, 5.74) is -1.63. The fourth-order valence-corrected chi connectivity index (χ4v) is 1.77. The first-order valence-corrected chi connectivity index (χ1v) is 5.92. The van der Waals surface area contributed by atoms with Crippen LogP contribution in [-0.4, -0.2) is 9.55 Å². The fraction of sp³-hybridized carbons (Fsp3) is 0.636. The molecule has 1 aromatic rings. The van der Waals surface area contributed by atoms with E-state index in [0.29, 0.717) is 12.3 Å². The molecule has 0 saturated heterocycles. The zero-order valence-electron chi connectivity index (χ0n) is 10.1. The van der Waals surface area contributed by atoms with E-state index in [9.17, 15) is 14.0 Å². The van der Waals surface area contributed by atoms with Gasteiger partial charge in [0.2, 0.25) is 5.82 Å². The first-order valence-electron chi connectivity index (χ1n) is 5.54. The molecule has 1 rings (SSSR count). The van der Waals surface area contributed by atoms with Gasteiger partial charge in [-0.2, -0.15) is 4.39 Å². The first kappa shape index (κ1) is 14.0. The van der Waals surface area contributed by atoms with Gasteiger partial charge in [-0.25, -0.2) is 4.79 Å². The van der Waals surface area contributed by atoms with Crippen LogP contribution in [0.4, 0.5) is 4.39 Å². The van der Waals surface area contributed by atoms with E-state index in [2.05, 4.69) is 4.98 Å². The molecule has 1 unspecified atom stereocenters. The second-order valence-electron chi connectivity index (χ2n) is 4.55. The Bertz CT molecular complexity index is 507. The lowest BCUT2D eigenvalue weighted by Gasteiger charge is -2.15. The van der Waals surface area contributed by atoms with Gasteiger partial charge in [-0.15, -0.1) is 0 Å². The second kappa shape index (κ2) is 5.49. The van der Waals surface area contributed by atoms with Crippen molar-refractivity contribution in [3.8, 4) is 0 Å². The Hall–Kier alpha value is -1.10. The highest BCUT2D eigenvalue weighted by molar-refractivity contribution is 6.29. The highest BCUT2D eigenvalue weighted by Crippen LogP contribution is 2.14. The van der Waals surface area contributed by atoms with Crippen molar-refractivity contribution in [2.24, 2.45) is 5.92 Å². The van der Waals surface area contributed by atoms with E-state index in [1.165, 1.54) is 0 Å². The normalized spacial score (nSPS) is 13.1. The molecule has 0 aliphatic heterocycles. The van der Waals surface area contributed by atoms with E-state index in [1.54, 1.807) is 6.92 Å². The van der Waals surface area contributed by atoms with Crippen LogP contribution in [-0.2, 0) is 0 Å². The zero-order chi connectivity index (χ0) is 13.2. The Kier molecular flexibility index (Phi) is 4.51. The van der Waals surface area contributed by atoms with Crippen molar-refractivity contribution >= 4 is 11.6 Å². The predicted octanol–water partition coefficient (Wildman–Crippen LogP) is 2.33. The summed E-state index contributed by atoms with van der Waals surface area (Å²) in [5.74, 6) is -0.646. The number of nitrogens with zero attached hydrogens (tertiary/aromatic N) is 1. The SMILES string of the molecule is CC(C)CCC(C)n1c(=O)[nH]c(Cl)c(F)c1=O. The van der Waals surface area contributed by atoms with Gasteiger partial charge in [0.05, 0.1) is 0 Å². The van der Waals surface area contributed by atoms with Gasteiger partial charge in [-0.3, -0.25) is 14.3 Å². The minimum atomic E-state index is -1.11. The van der Waals surface area contributed by atoms with E-state index < -0.39 is 22.2 Å². The molecule has 0 spiro atoms. The molecule has 4 nitrogen and oxygen atoms in total. The number of hydrogen-bond donors (Lipinski definition) is 1. The molecular weight excluding hydrogens is 247 g/mol. The second-order valence-corrected chi connectivity index (χ2v) is 4.93. The van der Waals surface area contributed by atoms with Crippen LogP contribution in [0.15, 0.2) is 9.59 Å². The minimum absolute atomic E-state index is 0.347. The van der Waals surface area contributed by atoms with Crippen molar-refractivity contribution in [3.63, 3.8) is 0 Å². The number of halogens is 2. The van der Waals surface area contributed by atoms with E-state index in [1.807, 2.05) is 13.8 Å². The standard InChI is InChI=1S/C11H16ClFN2O2/c1-6(2)4-5-7(3)15-10(16)8(13)9(12)14-11(15)17/h6-7H,4-5H2,1-3H3,(H,14,17). The topological polar surface area (TPSA) is 54.9 Å². The van der Waals surface area contributed by atoms with Gasteiger partial charge in [0.25, 0.3) is 5.56 Å². The van der Waals surface area contributed by atoms with Crippen molar-refractivity contribution < 1.29 is 4.39 Å². The van der Waals surface area contributed by atoms with Crippen LogP contribution in [0, 0.1) is 11.7 Å². The van der Waals surface area contributed by atoms with E-state index >= 15 is 0 Å². The van der Waals surface area contributed by atoms with E-state index in [4.69, 9.17) is 11.6 Å². The van der Waals surface area contributed by atoms with Crippen LogP contribution in [0.1, 0.15) is 39.7 Å². The molecule has 0 aliphatic rings. The monoisotopic (exact) mass is 262 g/mol. The first-order chi connectivity index (χ1) is 7.84. The molecule has 1 aromatic heterocycles. The third-order valence-electron chi connectivity index (χ3n) is 2.64. The number of aromatic nitrogens is 2. The smallest absolute Gasteiger partial charge is 0.295 e. The van der Waals surface area contributed by atoms with Gasteiger partial charge in [-0.1, -0.05) is 25.4 Å². The Morgan fingerprint density at radius 2 is 1.88 bits per heavy atom. The highest BCUT2D eigenvalue weighted by atomic mass is 35.5. The lowest BCUT2D eigenvalue weighted by molar-refractivity contribution is 0.406. The predicted molar refractivity (Wildman–Crippen MR) is 65.1 cm³/mol. The molecule has 96 valence electrons. The van der Waals surface area contributed by atoms with Gasteiger partial charge < -0.3 is 0 Å². The van der Waals surface area contributed by atoms with Crippen molar-refractivity contribution in [2.75, 3.05) is 0 Å². The molecule has 17 heavy (non-hydrogen) atoms. The number of nitrogens with one attached hydrogen (secondary N) is 1. The number of aromatic amines is 1. The van der Waals surface area contributed by atoms with E-state index in [0.717, 1.165) is 11.0 Å². The Labute approximate surface area is 103 Å². The Balaban J connectivity index is 3.10. The summed E-state index contributed by atoms with van der Waals surface area (Å²) in [7, 11) is 0. The van der Waals surface area contributed by atoms with Crippen LogP contribution in [0.3, 0.4) is 0 Å².